The number of sulfonamides is 1. The van der Waals surface area contributed by atoms with Crippen LogP contribution in [0.15, 0.2) is 4.99 Å². The van der Waals surface area contributed by atoms with Crippen LogP contribution in [0.4, 0.5) is 0 Å². The highest BCUT2D eigenvalue weighted by atomic mass is 32.2. The largest absolute Gasteiger partial charge is 0.355 e. The Morgan fingerprint density at radius 2 is 2.05 bits per heavy atom. The summed E-state index contributed by atoms with van der Waals surface area (Å²) in [7, 11) is -1.49. The zero-order valence-corrected chi connectivity index (χ0v) is 15.2. The molecule has 2 atom stereocenters. The van der Waals surface area contributed by atoms with Crippen LogP contribution in [0.25, 0.3) is 0 Å². The molecule has 0 bridgehead atoms. The van der Waals surface area contributed by atoms with E-state index in [0.29, 0.717) is 12.6 Å². The summed E-state index contributed by atoms with van der Waals surface area (Å²) in [5, 5.41) is 7.34. The molecule has 0 aliphatic heterocycles. The number of aliphatic imine (C=N–C) groups is 1. The third-order valence-electron chi connectivity index (χ3n) is 3.44. The Balaban J connectivity index is 2.45. The third-order valence-corrected chi connectivity index (χ3v) is 5.46. The van der Waals surface area contributed by atoms with E-state index >= 15 is 0 Å². The van der Waals surface area contributed by atoms with Crippen LogP contribution in [0.1, 0.15) is 33.1 Å². The molecule has 1 fully saturated rings. The first-order valence-electron chi connectivity index (χ1n) is 7.14. The molecule has 0 spiro atoms. The molecule has 0 amide bonds. The molecule has 2 unspecified atom stereocenters. The second kappa shape index (κ2) is 7.69. The van der Waals surface area contributed by atoms with Gasteiger partial charge in [-0.1, -0.05) is 0 Å². The standard InChI is InChI=1S/C13H28N4O2S2/c1-13(2,17-21(5,18)19)9-15-12(14-3)16-10-6-7-11(8-10)20-4/h10-11,17H,6-9H2,1-5H3,(H2,14,15,16). The second-order valence-electron chi connectivity index (χ2n) is 6.20. The minimum atomic E-state index is -3.22. The molecule has 21 heavy (non-hydrogen) atoms. The van der Waals surface area contributed by atoms with Gasteiger partial charge in [0.1, 0.15) is 0 Å². The first-order valence-corrected chi connectivity index (χ1v) is 10.3. The van der Waals surface area contributed by atoms with E-state index in [0.717, 1.165) is 24.1 Å². The van der Waals surface area contributed by atoms with E-state index in [1.54, 1.807) is 7.05 Å². The van der Waals surface area contributed by atoms with E-state index in [9.17, 15) is 8.42 Å². The van der Waals surface area contributed by atoms with Crippen molar-refractivity contribution in [3.05, 3.63) is 0 Å². The van der Waals surface area contributed by atoms with Crippen LogP contribution in [0, 0.1) is 0 Å². The SMILES string of the molecule is CN=C(NCC(C)(C)NS(C)(=O)=O)NC1CCC(SC)C1. The normalized spacial score (nSPS) is 24.1. The summed E-state index contributed by atoms with van der Waals surface area (Å²) in [6.45, 7) is 4.15. The van der Waals surface area contributed by atoms with Crippen molar-refractivity contribution in [3.63, 3.8) is 0 Å². The predicted octanol–water partition coefficient (Wildman–Crippen LogP) is 0.763. The maximum Gasteiger partial charge on any atom is 0.209 e. The van der Waals surface area contributed by atoms with E-state index in [4.69, 9.17) is 0 Å². The molecule has 1 rings (SSSR count). The number of nitrogens with one attached hydrogen (secondary N) is 3. The molecule has 1 aliphatic carbocycles. The average molecular weight is 337 g/mol. The molecular formula is C13H28N4O2S2. The van der Waals surface area contributed by atoms with Crippen LogP contribution in [0.3, 0.4) is 0 Å². The van der Waals surface area contributed by atoms with E-state index in [1.165, 1.54) is 12.7 Å². The molecule has 0 saturated heterocycles. The van der Waals surface area contributed by atoms with Gasteiger partial charge in [0.15, 0.2) is 5.96 Å². The Morgan fingerprint density at radius 1 is 1.38 bits per heavy atom. The van der Waals surface area contributed by atoms with Crippen molar-refractivity contribution in [2.75, 3.05) is 26.1 Å². The number of hydrogen-bond acceptors (Lipinski definition) is 4. The summed E-state index contributed by atoms with van der Waals surface area (Å²) in [5.74, 6) is 0.727. The maximum absolute atomic E-state index is 11.3. The quantitative estimate of drug-likeness (QED) is 0.493. The molecule has 0 heterocycles. The molecule has 0 aromatic heterocycles. The topological polar surface area (TPSA) is 82.6 Å². The minimum absolute atomic E-state index is 0.444. The summed E-state index contributed by atoms with van der Waals surface area (Å²) in [5.41, 5.74) is -0.567. The summed E-state index contributed by atoms with van der Waals surface area (Å²) in [6, 6.07) is 0.444. The summed E-state index contributed by atoms with van der Waals surface area (Å²) in [6.07, 6.45) is 6.85. The Kier molecular flexibility index (Phi) is 6.80. The highest BCUT2D eigenvalue weighted by Crippen LogP contribution is 2.27. The Hall–Kier alpha value is -0.470. The van der Waals surface area contributed by atoms with Gasteiger partial charge in [0.25, 0.3) is 0 Å². The molecule has 0 radical (unpaired) electrons. The summed E-state index contributed by atoms with van der Waals surface area (Å²) < 4.78 is 25.3. The molecule has 0 aromatic carbocycles. The molecule has 124 valence electrons. The van der Waals surface area contributed by atoms with Gasteiger partial charge >= 0.3 is 0 Å². The van der Waals surface area contributed by atoms with Crippen molar-refractivity contribution < 1.29 is 8.42 Å². The van der Waals surface area contributed by atoms with Gasteiger partial charge < -0.3 is 10.6 Å². The van der Waals surface area contributed by atoms with Gasteiger partial charge in [-0.2, -0.15) is 11.8 Å². The lowest BCUT2D eigenvalue weighted by Gasteiger charge is -2.27. The molecule has 0 aromatic rings. The fraction of sp³-hybridized carbons (Fsp3) is 0.923. The van der Waals surface area contributed by atoms with Gasteiger partial charge in [-0.3, -0.25) is 4.99 Å². The molecule has 8 heteroatoms. The molecule has 3 N–H and O–H groups in total. The fourth-order valence-corrected chi connectivity index (χ4v) is 4.39. The average Bonchev–Trinajstić information content (AvgIpc) is 2.79. The first-order chi connectivity index (χ1) is 9.65. The zero-order chi connectivity index (χ0) is 16.1. The number of hydrogen-bond donors (Lipinski definition) is 3. The van der Waals surface area contributed by atoms with Crippen molar-refractivity contribution in [2.45, 2.75) is 49.9 Å². The number of nitrogens with zero attached hydrogens (tertiary/aromatic N) is 1. The van der Waals surface area contributed by atoms with Crippen molar-refractivity contribution in [2.24, 2.45) is 4.99 Å². The number of rotatable bonds is 6. The van der Waals surface area contributed by atoms with Crippen LogP contribution in [-0.2, 0) is 10.0 Å². The van der Waals surface area contributed by atoms with Gasteiger partial charge in [0, 0.05) is 30.4 Å². The van der Waals surface area contributed by atoms with Crippen molar-refractivity contribution >= 4 is 27.7 Å². The Labute approximate surface area is 133 Å². The molecular weight excluding hydrogens is 308 g/mol. The molecule has 1 saturated carbocycles. The van der Waals surface area contributed by atoms with Gasteiger partial charge in [0.2, 0.25) is 10.0 Å². The van der Waals surface area contributed by atoms with Crippen molar-refractivity contribution in [1.82, 2.24) is 15.4 Å². The van der Waals surface area contributed by atoms with E-state index in [1.807, 2.05) is 25.6 Å². The minimum Gasteiger partial charge on any atom is -0.355 e. The highest BCUT2D eigenvalue weighted by Gasteiger charge is 2.26. The van der Waals surface area contributed by atoms with Gasteiger partial charge in [-0.15, -0.1) is 0 Å². The van der Waals surface area contributed by atoms with Gasteiger partial charge in [-0.05, 0) is 39.4 Å². The van der Waals surface area contributed by atoms with E-state index < -0.39 is 15.6 Å². The fourth-order valence-electron chi connectivity index (χ4n) is 2.52. The highest BCUT2D eigenvalue weighted by molar-refractivity contribution is 7.99. The smallest absolute Gasteiger partial charge is 0.209 e. The van der Waals surface area contributed by atoms with Crippen molar-refractivity contribution in [3.8, 4) is 0 Å². The zero-order valence-electron chi connectivity index (χ0n) is 13.6. The lowest BCUT2D eigenvalue weighted by molar-refractivity contribution is 0.444. The van der Waals surface area contributed by atoms with E-state index in [2.05, 4.69) is 26.6 Å². The number of thioether (sulfide) groups is 1. The summed E-state index contributed by atoms with van der Waals surface area (Å²) >= 11 is 1.92. The lowest BCUT2D eigenvalue weighted by atomic mass is 10.1. The summed E-state index contributed by atoms with van der Waals surface area (Å²) in [4.78, 5) is 4.21. The monoisotopic (exact) mass is 336 g/mol. The van der Waals surface area contributed by atoms with Crippen LogP contribution in [0.2, 0.25) is 0 Å². The maximum atomic E-state index is 11.3. The first kappa shape index (κ1) is 18.6. The van der Waals surface area contributed by atoms with Crippen LogP contribution < -0.4 is 15.4 Å². The molecule has 6 nitrogen and oxygen atoms in total. The van der Waals surface area contributed by atoms with Crippen LogP contribution >= 0.6 is 11.8 Å². The predicted molar refractivity (Wildman–Crippen MR) is 91.5 cm³/mol. The second-order valence-corrected chi connectivity index (χ2v) is 9.08. The van der Waals surface area contributed by atoms with Gasteiger partial charge in [-0.25, -0.2) is 13.1 Å². The Morgan fingerprint density at radius 3 is 2.52 bits per heavy atom. The van der Waals surface area contributed by atoms with Crippen LogP contribution in [0.5, 0.6) is 0 Å². The van der Waals surface area contributed by atoms with Gasteiger partial charge in [0.05, 0.1) is 6.26 Å². The van der Waals surface area contributed by atoms with Crippen LogP contribution in [-0.4, -0.2) is 57.3 Å². The molecule has 1 aliphatic rings. The van der Waals surface area contributed by atoms with E-state index in [-0.39, 0.29) is 0 Å². The number of guanidine groups is 1. The Bertz CT molecular complexity index is 463. The van der Waals surface area contributed by atoms with Crippen molar-refractivity contribution in [1.29, 1.82) is 0 Å². The lowest BCUT2D eigenvalue weighted by Crippen LogP contribution is -2.53. The third kappa shape index (κ3) is 7.37.